The Hall–Kier alpha value is -2.00. The molecule has 9 nitrogen and oxygen atoms in total. The van der Waals surface area contributed by atoms with Gasteiger partial charge in [0.1, 0.15) is 0 Å². The van der Waals surface area contributed by atoms with Gasteiger partial charge in [-0.15, -0.1) is 0 Å². The second-order valence-corrected chi connectivity index (χ2v) is 10.2. The van der Waals surface area contributed by atoms with Crippen LogP contribution in [0.4, 0.5) is 0 Å². The first-order valence-electron chi connectivity index (χ1n) is 12.2. The standard InChI is InChI=1S/C23H38N6O3/c1-17(2)22(31)28-11-6-23(7-12-28)14-19(21-25-18(3)26-32-21)29(16-23)15-20(30)24-8-13-27-9-4-5-10-27/h17,19H,4-16H2,1-3H3,(H,24,30). The van der Waals surface area contributed by atoms with E-state index in [2.05, 4.69) is 25.3 Å². The number of amides is 2. The fourth-order valence-electron chi connectivity index (χ4n) is 5.53. The van der Waals surface area contributed by atoms with Crippen LogP contribution in [0.2, 0.25) is 0 Å². The maximum absolute atomic E-state index is 12.8. The summed E-state index contributed by atoms with van der Waals surface area (Å²) in [6.45, 7) is 12.3. The number of carbonyl (C=O) groups is 2. The molecule has 1 aromatic heterocycles. The van der Waals surface area contributed by atoms with E-state index in [0.717, 1.165) is 58.5 Å². The molecule has 0 saturated carbocycles. The highest BCUT2D eigenvalue weighted by Crippen LogP contribution is 2.48. The summed E-state index contributed by atoms with van der Waals surface area (Å²) in [6.07, 6.45) is 5.30. The van der Waals surface area contributed by atoms with Gasteiger partial charge in [-0.25, -0.2) is 0 Å². The molecule has 1 N–H and O–H groups in total. The number of hydrogen-bond donors (Lipinski definition) is 1. The molecule has 1 spiro atoms. The Bertz CT molecular complexity index is 795. The van der Waals surface area contributed by atoms with Gasteiger partial charge in [0.25, 0.3) is 0 Å². The highest BCUT2D eigenvalue weighted by Gasteiger charge is 2.48. The molecule has 0 bridgehead atoms. The van der Waals surface area contributed by atoms with Gasteiger partial charge >= 0.3 is 0 Å². The Balaban J connectivity index is 1.37. The zero-order chi connectivity index (χ0) is 22.7. The molecule has 9 heteroatoms. The van der Waals surface area contributed by atoms with E-state index in [4.69, 9.17) is 4.52 Å². The van der Waals surface area contributed by atoms with Crippen LogP contribution in [0.25, 0.3) is 0 Å². The predicted molar refractivity (Wildman–Crippen MR) is 120 cm³/mol. The summed E-state index contributed by atoms with van der Waals surface area (Å²) in [5.74, 6) is 1.53. The Kier molecular flexibility index (Phi) is 7.14. The molecular weight excluding hydrogens is 408 g/mol. The van der Waals surface area contributed by atoms with Crippen molar-refractivity contribution in [3.05, 3.63) is 11.7 Å². The number of nitrogens with zero attached hydrogens (tertiary/aromatic N) is 5. The Morgan fingerprint density at radius 3 is 2.53 bits per heavy atom. The number of hydrogen-bond acceptors (Lipinski definition) is 7. The van der Waals surface area contributed by atoms with Crippen molar-refractivity contribution in [3.63, 3.8) is 0 Å². The van der Waals surface area contributed by atoms with Crippen molar-refractivity contribution in [2.45, 2.75) is 58.9 Å². The van der Waals surface area contributed by atoms with Gasteiger partial charge in [-0.3, -0.25) is 14.5 Å². The number of likely N-dealkylation sites (tertiary alicyclic amines) is 3. The second-order valence-electron chi connectivity index (χ2n) is 10.2. The van der Waals surface area contributed by atoms with E-state index in [9.17, 15) is 9.59 Å². The topological polar surface area (TPSA) is 94.8 Å². The first-order valence-corrected chi connectivity index (χ1v) is 12.2. The van der Waals surface area contributed by atoms with Crippen LogP contribution in [-0.2, 0) is 9.59 Å². The fraction of sp³-hybridized carbons (Fsp3) is 0.826. The minimum atomic E-state index is -0.0483. The lowest BCUT2D eigenvalue weighted by Crippen LogP contribution is -2.46. The zero-order valence-electron chi connectivity index (χ0n) is 19.8. The number of nitrogens with one attached hydrogen (secondary N) is 1. The van der Waals surface area contributed by atoms with Crippen molar-refractivity contribution in [1.82, 2.24) is 30.2 Å². The van der Waals surface area contributed by atoms with Crippen LogP contribution in [0, 0.1) is 18.3 Å². The minimum absolute atomic E-state index is 0.0301. The molecule has 0 aromatic carbocycles. The van der Waals surface area contributed by atoms with Crippen molar-refractivity contribution in [2.75, 3.05) is 52.4 Å². The summed E-state index contributed by atoms with van der Waals surface area (Å²) in [5, 5.41) is 7.08. The molecule has 3 saturated heterocycles. The molecule has 1 atom stereocenters. The van der Waals surface area contributed by atoms with E-state index in [0.29, 0.717) is 24.8 Å². The molecule has 0 aliphatic carbocycles. The van der Waals surface area contributed by atoms with Gasteiger partial charge in [-0.05, 0) is 57.5 Å². The predicted octanol–water partition coefficient (Wildman–Crippen LogP) is 1.60. The van der Waals surface area contributed by atoms with Crippen LogP contribution < -0.4 is 5.32 Å². The van der Waals surface area contributed by atoms with Gasteiger partial charge in [0.15, 0.2) is 5.82 Å². The Labute approximate surface area is 190 Å². The summed E-state index contributed by atoms with van der Waals surface area (Å²) in [7, 11) is 0. The van der Waals surface area contributed by atoms with E-state index < -0.39 is 0 Å². The highest BCUT2D eigenvalue weighted by atomic mass is 16.5. The molecule has 3 aliphatic heterocycles. The van der Waals surface area contributed by atoms with Crippen molar-refractivity contribution in [3.8, 4) is 0 Å². The fourth-order valence-corrected chi connectivity index (χ4v) is 5.53. The quantitative estimate of drug-likeness (QED) is 0.680. The van der Waals surface area contributed by atoms with Gasteiger partial charge in [0.05, 0.1) is 12.6 Å². The molecule has 4 rings (SSSR count). The summed E-state index contributed by atoms with van der Waals surface area (Å²) < 4.78 is 5.53. The lowest BCUT2D eigenvalue weighted by atomic mass is 9.76. The van der Waals surface area contributed by atoms with Gasteiger partial charge in [0, 0.05) is 38.6 Å². The summed E-state index contributed by atoms with van der Waals surface area (Å²) in [4.78, 5) is 36.3. The number of piperidine rings is 1. The average molecular weight is 447 g/mol. The third-order valence-corrected chi connectivity index (χ3v) is 7.36. The van der Waals surface area contributed by atoms with E-state index in [1.165, 1.54) is 12.8 Å². The Morgan fingerprint density at radius 2 is 1.91 bits per heavy atom. The molecule has 32 heavy (non-hydrogen) atoms. The second kappa shape index (κ2) is 9.87. The highest BCUT2D eigenvalue weighted by molar-refractivity contribution is 5.78. The third-order valence-electron chi connectivity index (χ3n) is 7.36. The zero-order valence-corrected chi connectivity index (χ0v) is 19.8. The van der Waals surface area contributed by atoms with Crippen LogP contribution in [-0.4, -0.2) is 89.0 Å². The maximum atomic E-state index is 12.8. The number of rotatable bonds is 7. The molecule has 2 amide bonds. The summed E-state index contributed by atoms with van der Waals surface area (Å²) in [5.41, 5.74) is 0.0800. The Morgan fingerprint density at radius 1 is 1.19 bits per heavy atom. The average Bonchev–Trinajstić information content (AvgIpc) is 3.49. The SMILES string of the molecule is Cc1noc(C2CC3(CCN(C(=O)C(C)C)CC3)CN2CC(=O)NCCN2CCCC2)n1. The smallest absolute Gasteiger partial charge is 0.244 e. The molecule has 1 unspecified atom stereocenters. The van der Waals surface area contributed by atoms with Crippen molar-refractivity contribution in [2.24, 2.45) is 11.3 Å². The molecule has 3 fully saturated rings. The third kappa shape index (κ3) is 5.31. The summed E-state index contributed by atoms with van der Waals surface area (Å²) >= 11 is 0. The molecule has 4 heterocycles. The first-order chi connectivity index (χ1) is 15.3. The molecular formula is C23H38N6O3. The van der Waals surface area contributed by atoms with Crippen LogP contribution >= 0.6 is 0 Å². The van der Waals surface area contributed by atoms with E-state index in [1.807, 2.05) is 25.7 Å². The molecule has 178 valence electrons. The minimum Gasteiger partial charge on any atom is -0.354 e. The van der Waals surface area contributed by atoms with Crippen LogP contribution in [0.1, 0.15) is 63.7 Å². The van der Waals surface area contributed by atoms with E-state index in [1.54, 1.807) is 0 Å². The number of carbonyl (C=O) groups excluding carboxylic acids is 2. The lowest BCUT2D eigenvalue weighted by Gasteiger charge is -2.40. The largest absolute Gasteiger partial charge is 0.354 e. The summed E-state index contributed by atoms with van der Waals surface area (Å²) in [6, 6.07) is -0.0483. The number of aryl methyl sites for hydroxylation is 1. The van der Waals surface area contributed by atoms with Crippen LogP contribution in [0.15, 0.2) is 4.52 Å². The normalized spacial score (nSPS) is 24.0. The lowest BCUT2D eigenvalue weighted by molar-refractivity contribution is -0.136. The van der Waals surface area contributed by atoms with Crippen molar-refractivity contribution in [1.29, 1.82) is 0 Å². The number of aromatic nitrogens is 2. The van der Waals surface area contributed by atoms with Gasteiger partial charge in [-0.2, -0.15) is 4.98 Å². The van der Waals surface area contributed by atoms with Gasteiger partial charge < -0.3 is 19.6 Å². The van der Waals surface area contributed by atoms with E-state index >= 15 is 0 Å². The van der Waals surface area contributed by atoms with Crippen molar-refractivity contribution < 1.29 is 14.1 Å². The van der Waals surface area contributed by atoms with E-state index in [-0.39, 0.29) is 29.2 Å². The molecule has 1 aromatic rings. The van der Waals surface area contributed by atoms with Crippen LogP contribution in [0.3, 0.4) is 0 Å². The molecule has 3 aliphatic rings. The van der Waals surface area contributed by atoms with Crippen molar-refractivity contribution >= 4 is 11.8 Å². The maximum Gasteiger partial charge on any atom is 0.244 e. The first kappa shape index (κ1) is 23.2. The van der Waals surface area contributed by atoms with Gasteiger partial charge in [0.2, 0.25) is 17.7 Å². The van der Waals surface area contributed by atoms with Crippen LogP contribution in [0.5, 0.6) is 0 Å². The molecule has 0 radical (unpaired) electrons. The monoisotopic (exact) mass is 446 g/mol. The van der Waals surface area contributed by atoms with Gasteiger partial charge in [-0.1, -0.05) is 19.0 Å².